The van der Waals surface area contributed by atoms with Crippen molar-refractivity contribution in [3.05, 3.63) is 41.6 Å². The van der Waals surface area contributed by atoms with E-state index in [9.17, 15) is 0 Å². The number of aryl methyl sites for hydroxylation is 1. The lowest BCUT2D eigenvalue weighted by atomic mass is 10.4. The number of thioether (sulfide) groups is 1. The molecule has 0 unspecified atom stereocenters. The third kappa shape index (κ3) is 3.63. The summed E-state index contributed by atoms with van der Waals surface area (Å²) in [6.07, 6.45) is 3.71. The summed E-state index contributed by atoms with van der Waals surface area (Å²) in [5, 5.41) is 7.71. The number of hydrogen-bond acceptors (Lipinski definition) is 4. The highest BCUT2D eigenvalue weighted by Gasteiger charge is 2.01. The molecule has 0 aliphatic carbocycles. The first-order valence-corrected chi connectivity index (χ1v) is 6.56. The molecule has 18 heavy (non-hydrogen) atoms. The Bertz CT molecular complexity index is 568. The van der Waals surface area contributed by atoms with E-state index in [0.29, 0.717) is 5.82 Å². The number of nitrogens with zero attached hydrogens (tertiary/aromatic N) is 2. The van der Waals surface area contributed by atoms with Crippen LogP contribution in [0.3, 0.4) is 0 Å². The lowest BCUT2D eigenvalue weighted by Crippen LogP contribution is -1.81. The predicted molar refractivity (Wildman–Crippen MR) is 74.3 cm³/mol. The Morgan fingerprint density at radius 1 is 1.50 bits per heavy atom. The first-order valence-electron chi connectivity index (χ1n) is 5.57. The van der Waals surface area contributed by atoms with E-state index in [1.807, 2.05) is 38.1 Å². The Morgan fingerprint density at radius 3 is 3.00 bits per heavy atom. The molecule has 0 bridgehead atoms. The summed E-state index contributed by atoms with van der Waals surface area (Å²) in [5.41, 5.74) is 1.10. The lowest BCUT2D eigenvalue weighted by molar-refractivity contribution is 0.525. The van der Waals surface area contributed by atoms with Crippen molar-refractivity contribution < 1.29 is 4.42 Å². The molecule has 0 saturated carbocycles. The Balaban J connectivity index is 1.98. The van der Waals surface area contributed by atoms with Crippen molar-refractivity contribution in [2.45, 2.75) is 19.0 Å². The molecule has 2 heterocycles. The summed E-state index contributed by atoms with van der Waals surface area (Å²) in [7, 11) is 0. The second-order valence-electron chi connectivity index (χ2n) is 4.03. The molecule has 0 amide bonds. The van der Waals surface area contributed by atoms with Gasteiger partial charge in [-0.2, -0.15) is 0 Å². The number of furan rings is 1. The van der Waals surface area contributed by atoms with Gasteiger partial charge in [-0.05, 0) is 38.1 Å². The van der Waals surface area contributed by atoms with Gasteiger partial charge in [0.05, 0.1) is 0 Å². The maximum atomic E-state index is 5.43. The van der Waals surface area contributed by atoms with Crippen LogP contribution in [0, 0.1) is 6.92 Å². The van der Waals surface area contributed by atoms with Crippen LogP contribution < -0.4 is 0 Å². The maximum Gasteiger partial charge on any atom is 0.209 e. The zero-order valence-corrected chi connectivity index (χ0v) is 11.3. The van der Waals surface area contributed by atoms with Gasteiger partial charge in [-0.1, -0.05) is 23.9 Å². The van der Waals surface area contributed by atoms with Gasteiger partial charge in [-0.25, -0.2) is 4.98 Å². The Labute approximate surface area is 110 Å². The topological polar surface area (TPSA) is 54.7 Å². The quantitative estimate of drug-likeness (QED) is 0.660. The fourth-order valence-corrected chi connectivity index (χ4v) is 1.94. The van der Waals surface area contributed by atoms with E-state index < -0.39 is 0 Å². The van der Waals surface area contributed by atoms with E-state index in [2.05, 4.69) is 21.8 Å². The third-order valence-corrected chi connectivity index (χ3v) is 3.17. The van der Waals surface area contributed by atoms with E-state index in [1.54, 1.807) is 11.8 Å². The first-order chi connectivity index (χ1) is 8.63. The fraction of sp³-hybridized carbons (Fsp3) is 0.231. The van der Waals surface area contributed by atoms with E-state index in [-0.39, 0.29) is 0 Å². The molecule has 0 radical (unpaired) electrons. The second-order valence-corrected chi connectivity index (χ2v) is 4.97. The minimum Gasteiger partial charge on any atom is -0.462 e. The minimum absolute atomic E-state index is 0.716. The largest absolute Gasteiger partial charge is 0.462 e. The molecule has 2 rings (SSSR count). The highest BCUT2D eigenvalue weighted by Crippen LogP contribution is 2.16. The molecule has 5 heteroatoms. The first kappa shape index (κ1) is 12.7. The van der Waals surface area contributed by atoms with Crippen LogP contribution in [0.4, 0.5) is 0 Å². The molecule has 0 aliphatic heterocycles. The van der Waals surface area contributed by atoms with Gasteiger partial charge in [-0.3, -0.25) is 5.10 Å². The van der Waals surface area contributed by atoms with Gasteiger partial charge >= 0.3 is 0 Å². The molecule has 0 aliphatic rings. The van der Waals surface area contributed by atoms with Crippen LogP contribution in [0.25, 0.3) is 12.2 Å². The zero-order chi connectivity index (χ0) is 13.0. The summed E-state index contributed by atoms with van der Waals surface area (Å²) >= 11 is 1.56. The van der Waals surface area contributed by atoms with Gasteiger partial charge in [0, 0.05) is 5.75 Å². The van der Waals surface area contributed by atoms with Crippen LogP contribution in [-0.2, 0) is 0 Å². The summed E-state index contributed by atoms with van der Waals surface area (Å²) in [6.45, 7) is 7.74. The Kier molecular flexibility index (Phi) is 4.04. The molecule has 0 saturated heterocycles. The van der Waals surface area contributed by atoms with Crippen molar-refractivity contribution in [1.82, 2.24) is 15.2 Å². The number of hydrogen-bond donors (Lipinski definition) is 1. The van der Waals surface area contributed by atoms with Crippen molar-refractivity contribution in [3.8, 4) is 0 Å². The van der Waals surface area contributed by atoms with Crippen LogP contribution in [0.5, 0.6) is 0 Å². The highest BCUT2D eigenvalue weighted by atomic mass is 32.2. The molecular formula is C13H15N3OS. The molecule has 2 aromatic heterocycles. The second kappa shape index (κ2) is 5.73. The smallest absolute Gasteiger partial charge is 0.209 e. The average Bonchev–Trinajstić information content (AvgIpc) is 2.93. The fourth-order valence-electron chi connectivity index (χ4n) is 1.29. The van der Waals surface area contributed by atoms with E-state index in [0.717, 1.165) is 28.0 Å². The van der Waals surface area contributed by atoms with Crippen molar-refractivity contribution in [3.63, 3.8) is 0 Å². The normalized spacial score (nSPS) is 11.2. The molecular weight excluding hydrogens is 246 g/mol. The molecule has 2 aromatic rings. The molecule has 0 spiro atoms. The summed E-state index contributed by atoms with van der Waals surface area (Å²) in [5.74, 6) is 3.25. The number of aromatic amines is 1. The third-order valence-electron chi connectivity index (χ3n) is 2.10. The number of aromatic nitrogens is 3. The number of H-pyrrole nitrogens is 1. The number of rotatable bonds is 5. The standard InChI is InChI=1S/C13H15N3OS/c1-9(2)8-18-13-14-12(15-16-13)7-6-11-5-4-10(3)17-11/h4-7H,1,8H2,2-3H3,(H,14,15,16). The zero-order valence-electron chi connectivity index (χ0n) is 10.4. The van der Waals surface area contributed by atoms with Crippen LogP contribution >= 0.6 is 11.8 Å². The predicted octanol–water partition coefficient (Wildman–Crippen LogP) is 3.54. The highest BCUT2D eigenvalue weighted by molar-refractivity contribution is 7.99. The molecule has 0 atom stereocenters. The monoisotopic (exact) mass is 261 g/mol. The van der Waals surface area contributed by atoms with E-state index >= 15 is 0 Å². The lowest BCUT2D eigenvalue weighted by Gasteiger charge is -1.92. The van der Waals surface area contributed by atoms with Crippen LogP contribution in [0.2, 0.25) is 0 Å². The van der Waals surface area contributed by atoms with Crippen molar-refractivity contribution in [2.75, 3.05) is 5.75 Å². The van der Waals surface area contributed by atoms with Crippen molar-refractivity contribution in [2.24, 2.45) is 0 Å². The SMILES string of the molecule is C=C(C)CSc1n[nH]c(C=Cc2ccc(C)o2)n1. The average molecular weight is 261 g/mol. The van der Waals surface area contributed by atoms with Gasteiger partial charge in [0.15, 0.2) is 0 Å². The van der Waals surface area contributed by atoms with Crippen molar-refractivity contribution >= 4 is 23.9 Å². The molecule has 0 aromatic carbocycles. The van der Waals surface area contributed by atoms with Crippen LogP contribution in [0.1, 0.15) is 24.3 Å². The van der Waals surface area contributed by atoms with Crippen LogP contribution in [0.15, 0.2) is 33.9 Å². The van der Waals surface area contributed by atoms with Gasteiger partial charge in [-0.15, -0.1) is 5.10 Å². The Hall–Kier alpha value is -1.75. The minimum atomic E-state index is 0.716. The Morgan fingerprint density at radius 2 is 2.33 bits per heavy atom. The van der Waals surface area contributed by atoms with Gasteiger partial charge in [0.2, 0.25) is 5.16 Å². The van der Waals surface area contributed by atoms with Gasteiger partial charge < -0.3 is 4.42 Å². The summed E-state index contributed by atoms with van der Waals surface area (Å²) in [6, 6.07) is 3.84. The van der Waals surface area contributed by atoms with Crippen LogP contribution in [-0.4, -0.2) is 20.9 Å². The maximum absolute atomic E-state index is 5.43. The van der Waals surface area contributed by atoms with Crippen molar-refractivity contribution in [1.29, 1.82) is 0 Å². The number of nitrogens with one attached hydrogen (secondary N) is 1. The van der Waals surface area contributed by atoms with Gasteiger partial charge in [0.1, 0.15) is 17.3 Å². The van der Waals surface area contributed by atoms with E-state index in [1.165, 1.54) is 0 Å². The molecule has 1 N–H and O–H groups in total. The summed E-state index contributed by atoms with van der Waals surface area (Å²) < 4.78 is 5.43. The van der Waals surface area contributed by atoms with Gasteiger partial charge in [0.25, 0.3) is 0 Å². The molecule has 4 nitrogen and oxygen atoms in total. The molecule has 94 valence electrons. The summed E-state index contributed by atoms with van der Waals surface area (Å²) in [4.78, 5) is 4.33. The van der Waals surface area contributed by atoms with E-state index in [4.69, 9.17) is 4.42 Å². The molecule has 0 fully saturated rings.